The van der Waals surface area contributed by atoms with E-state index < -0.39 is 0 Å². The highest BCUT2D eigenvalue weighted by Crippen LogP contribution is 2.24. The lowest BCUT2D eigenvalue weighted by Crippen LogP contribution is -2.50. The van der Waals surface area contributed by atoms with Crippen molar-refractivity contribution >= 4 is 27.7 Å². The quantitative estimate of drug-likeness (QED) is 0.726. The van der Waals surface area contributed by atoms with Crippen LogP contribution in [0, 0.1) is 0 Å². The number of methoxy groups -OCH3 is 1. The fraction of sp³-hybridized carbons (Fsp3) is 0.450. The van der Waals surface area contributed by atoms with Crippen LogP contribution in [0.5, 0.6) is 5.75 Å². The number of aryl methyl sites for hydroxylation is 2. The number of ether oxygens (including phenoxy) is 1. The second-order valence-corrected chi connectivity index (χ2v) is 7.99. The highest BCUT2D eigenvalue weighted by Gasteiger charge is 2.28. The maximum atomic E-state index is 12.9. The third-order valence-electron chi connectivity index (χ3n) is 5.39. The van der Waals surface area contributed by atoms with E-state index in [1.165, 1.54) is 0 Å². The molecular weight excluding hydrogens is 424 g/mol. The summed E-state index contributed by atoms with van der Waals surface area (Å²) < 4.78 is 7.92. The Labute approximate surface area is 172 Å². The maximum Gasteiger partial charge on any atom is 0.274 e. The first-order valence-electron chi connectivity index (χ1n) is 9.55. The average Bonchev–Trinajstić information content (AvgIpc) is 3.17. The molecule has 3 heterocycles. The molecule has 2 aromatic rings. The summed E-state index contributed by atoms with van der Waals surface area (Å²) in [4.78, 5) is 29.3. The summed E-state index contributed by atoms with van der Waals surface area (Å²) >= 11 is 3.44. The summed E-state index contributed by atoms with van der Waals surface area (Å²) in [7, 11) is 1.58. The molecule has 7 nitrogen and oxygen atoms in total. The number of rotatable bonds is 3. The fourth-order valence-corrected chi connectivity index (χ4v) is 4.18. The second kappa shape index (κ2) is 7.95. The van der Waals surface area contributed by atoms with Gasteiger partial charge < -0.3 is 14.5 Å². The maximum absolute atomic E-state index is 12.9. The smallest absolute Gasteiger partial charge is 0.274 e. The van der Waals surface area contributed by atoms with E-state index in [1.807, 2.05) is 22.9 Å². The highest BCUT2D eigenvalue weighted by atomic mass is 79.9. The number of hydrogen-bond donors (Lipinski definition) is 0. The van der Waals surface area contributed by atoms with E-state index in [2.05, 4.69) is 21.0 Å². The summed E-state index contributed by atoms with van der Waals surface area (Å²) in [5.41, 5.74) is 2.24. The predicted molar refractivity (Wildman–Crippen MR) is 108 cm³/mol. The zero-order valence-electron chi connectivity index (χ0n) is 15.9. The van der Waals surface area contributed by atoms with Gasteiger partial charge in [0, 0.05) is 42.9 Å². The van der Waals surface area contributed by atoms with E-state index in [0.29, 0.717) is 43.2 Å². The number of benzene rings is 1. The van der Waals surface area contributed by atoms with Crippen molar-refractivity contribution in [3.63, 3.8) is 0 Å². The number of carbonyl (C=O) groups is 2. The van der Waals surface area contributed by atoms with Crippen LogP contribution in [0.4, 0.5) is 0 Å². The molecule has 0 bridgehead atoms. The summed E-state index contributed by atoms with van der Waals surface area (Å²) in [6, 6.07) is 7.28. The minimum atomic E-state index is -0.0599. The molecule has 0 radical (unpaired) electrons. The monoisotopic (exact) mass is 446 g/mol. The minimum Gasteiger partial charge on any atom is -0.497 e. The molecule has 0 atom stereocenters. The number of amides is 2. The van der Waals surface area contributed by atoms with Crippen LogP contribution in [0.1, 0.15) is 39.4 Å². The van der Waals surface area contributed by atoms with E-state index in [0.717, 1.165) is 36.0 Å². The third-order valence-corrected chi connectivity index (χ3v) is 6.08. The number of nitrogens with zero attached hydrogens (tertiary/aromatic N) is 4. The van der Waals surface area contributed by atoms with Crippen LogP contribution in [0.3, 0.4) is 0 Å². The van der Waals surface area contributed by atoms with Gasteiger partial charge >= 0.3 is 0 Å². The van der Waals surface area contributed by atoms with Gasteiger partial charge in [-0.15, -0.1) is 0 Å². The molecule has 2 aliphatic rings. The van der Waals surface area contributed by atoms with Gasteiger partial charge in [0.05, 0.1) is 12.7 Å². The average molecular weight is 447 g/mol. The molecule has 0 aliphatic carbocycles. The van der Waals surface area contributed by atoms with Crippen molar-refractivity contribution in [1.29, 1.82) is 0 Å². The molecule has 0 unspecified atom stereocenters. The van der Waals surface area contributed by atoms with Crippen LogP contribution < -0.4 is 4.74 Å². The Hall–Kier alpha value is -2.35. The standard InChI is InChI=1S/C20H23BrN4O3/c1-28-15-5-6-17(21)16(13-15)19(26)23-8-10-24(11-9-23)20(27)18-12-14-4-2-3-7-25(14)22-18/h5-6,12-13H,2-4,7-11H2,1H3. The Balaban J connectivity index is 1.41. The Bertz CT molecular complexity index is 879. The number of piperazine rings is 1. The SMILES string of the molecule is COc1ccc(Br)c(C(=O)N2CCN(C(=O)c3cc4n(n3)CCCC4)CC2)c1. The molecule has 0 saturated carbocycles. The molecule has 4 rings (SSSR count). The van der Waals surface area contributed by atoms with Crippen LogP contribution in [0.15, 0.2) is 28.7 Å². The van der Waals surface area contributed by atoms with Crippen molar-refractivity contribution < 1.29 is 14.3 Å². The molecule has 0 spiro atoms. The molecule has 1 fully saturated rings. The lowest BCUT2D eigenvalue weighted by molar-refractivity contribution is 0.0531. The molecule has 2 amide bonds. The van der Waals surface area contributed by atoms with Crippen molar-refractivity contribution in [2.45, 2.75) is 25.8 Å². The fourth-order valence-electron chi connectivity index (χ4n) is 3.76. The number of fused-ring (bicyclic) bond motifs is 1. The zero-order valence-corrected chi connectivity index (χ0v) is 17.4. The lowest BCUT2D eigenvalue weighted by atomic mass is 10.1. The predicted octanol–water partition coefficient (Wildman–Crippen LogP) is 2.59. The van der Waals surface area contributed by atoms with Crippen molar-refractivity contribution in [3.05, 3.63) is 45.7 Å². The normalized spacial score (nSPS) is 16.6. The first-order valence-corrected chi connectivity index (χ1v) is 10.3. The molecule has 28 heavy (non-hydrogen) atoms. The van der Waals surface area contributed by atoms with Gasteiger partial charge in [-0.05, 0) is 59.5 Å². The molecular formula is C20H23BrN4O3. The van der Waals surface area contributed by atoms with E-state index in [4.69, 9.17) is 4.74 Å². The van der Waals surface area contributed by atoms with Crippen molar-refractivity contribution in [3.8, 4) is 5.75 Å². The number of hydrogen-bond acceptors (Lipinski definition) is 4. The number of carbonyl (C=O) groups excluding carboxylic acids is 2. The summed E-state index contributed by atoms with van der Waals surface area (Å²) in [5.74, 6) is 0.538. The van der Waals surface area contributed by atoms with Gasteiger partial charge in [-0.1, -0.05) is 0 Å². The van der Waals surface area contributed by atoms with E-state index in [1.54, 1.807) is 23.0 Å². The summed E-state index contributed by atoms with van der Waals surface area (Å²) in [5, 5.41) is 4.48. The molecule has 1 aromatic heterocycles. The Morgan fingerprint density at radius 1 is 1.00 bits per heavy atom. The molecule has 2 aliphatic heterocycles. The van der Waals surface area contributed by atoms with Crippen LogP contribution in [-0.2, 0) is 13.0 Å². The van der Waals surface area contributed by atoms with Crippen LogP contribution in [0.2, 0.25) is 0 Å². The highest BCUT2D eigenvalue weighted by molar-refractivity contribution is 9.10. The Morgan fingerprint density at radius 2 is 1.71 bits per heavy atom. The molecule has 0 N–H and O–H groups in total. The number of aromatic nitrogens is 2. The molecule has 1 aromatic carbocycles. The minimum absolute atomic E-state index is 0.0449. The van der Waals surface area contributed by atoms with E-state index >= 15 is 0 Å². The van der Waals surface area contributed by atoms with Gasteiger partial charge in [-0.25, -0.2) is 0 Å². The van der Waals surface area contributed by atoms with Crippen molar-refractivity contribution in [2.24, 2.45) is 0 Å². The largest absolute Gasteiger partial charge is 0.497 e. The van der Waals surface area contributed by atoms with Gasteiger partial charge in [0.1, 0.15) is 5.75 Å². The third kappa shape index (κ3) is 3.65. The van der Waals surface area contributed by atoms with E-state index in [9.17, 15) is 9.59 Å². The number of halogens is 1. The zero-order chi connectivity index (χ0) is 19.7. The van der Waals surface area contributed by atoms with Gasteiger partial charge in [0.25, 0.3) is 11.8 Å². The van der Waals surface area contributed by atoms with Gasteiger partial charge in [-0.2, -0.15) is 5.10 Å². The summed E-state index contributed by atoms with van der Waals surface area (Å²) in [6.07, 6.45) is 3.25. The molecule has 1 saturated heterocycles. The van der Waals surface area contributed by atoms with Gasteiger partial charge in [0.2, 0.25) is 0 Å². The second-order valence-electron chi connectivity index (χ2n) is 7.13. The molecule has 8 heteroatoms. The molecule has 148 valence electrons. The van der Waals surface area contributed by atoms with Crippen molar-refractivity contribution in [2.75, 3.05) is 33.3 Å². The van der Waals surface area contributed by atoms with Gasteiger partial charge in [-0.3, -0.25) is 14.3 Å². The van der Waals surface area contributed by atoms with Crippen LogP contribution >= 0.6 is 15.9 Å². The first kappa shape index (κ1) is 19.0. The first-order chi connectivity index (χ1) is 13.6. The van der Waals surface area contributed by atoms with Crippen molar-refractivity contribution in [1.82, 2.24) is 19.6 Å². The van der Waals surface area contributed by atoms with Crippen LogP contribution in [-0.4, -0.2) is 64.7 Å². The Kier molecular flexibility index (Phi) is 5.39. The van der Waals surface area contributed by atoms with Gasteiger partial charge in [0.15, 0.2) is 5.69 Å². The van der Waals surface area contributed by atoms with E-state index in [-0.39, 0.29) is 11.8 Å². The lowest BCUT2D eigenvalue weighted by Gasteiger charge is -2.34. The Morgan fingerprint density at radius 3 is 2.39 bits per heavy atom. The topological polar surface area (TPSA) is 67.7 Å². The van der Waals surface area contributed by atoms with Crippen LogP contribution in [0.25, 0.3) is 0 Å². The summed E-state index contributed by atoms with van der Waals surface area (Å²) in [6.45, 7) is 2.91.